The second-order valence-corrected chi connectivity index (χ2v) is 4.48. The lowest BCUT2D eigenvalue weighted by molar-refractivity contribution is 0.0594. The highest BCUT2D eigenvalue weighted by Crippen LogP contribution is 2.25. The summed E-state index contributed by atoms with van der Waals surface area (Å²) in [6.07, 6.45) is 3.47. The van der Waals surface area contributed by atoms with E-state index in [9.17, 15) is 4.79 Å². The Hall–Kier alpha value is -1.62. The molecule has 0 spiro atoms. The number of anilines is 1. The first-order valence-corrected chi connectivity index (χ1v) is 6.15. The molecule has 2 rings (SSSR count). The van der Waals surface area contributed by atoms with E-state index in [-0.39, 0.29) is 6.61 Å². The van der Waals surface area contributed by atoms with Gasteiger partial charge < -0.3 is 14.7 Å². The lowest BCUT2D eigenvalue weighted by atomic mass is 9.97. The number of esters is 1. The number of carbonyl (C=O) groups is 1. The van der Waals surface area contributed by atoms with Gasteiger partial charge in [-0.15, -0.1) is 0 Å². The second kappa shape index (κ2) is 5.82. The highest BCUT2D eigenvalue weighted by Gasteiger charge is 2.23. The van der Waals surface area contributed by atoms with Gasteiger partial charge in [-0.25, -0.2) is 9.78 Å². The van der Waals surface area contributed by atoms with Crippen LogP contribution in [0.1, 0.15) is 23.3 Å². The van der Waals surface area contributed by atoms with Crippen LogP contribution < -0.4 is 4.90 Å². The predicted molar refractivity (Wildman–Crippen MR) is 67.6 cm³/mol. The molecule has 18 heavy (non-hydrogen) atoms. The van der Waals surface area contributed by atoms with Crippen LogP contribution in [0.2, 0.25) is 0 Å². The van der Waals surface area contributed by atoms with Gasteiger partial charge in [-0.3, -0.25) is 0 Å². The van der Waals surface area contributed by atoms with Crippen molar-refractivity contribution in [1.82, 2.24) is 4.98 Å². The molecule has 98 valence electrons. The molecule has 1 aliphatic rings. The molecule has 1 saturated heterocycles. The summed E-state index contributed by atoms with van der Waals surface area (Å²) in [6, 6.07) is 3.71. The fourth-order valence-electron chi connectivity index (χ4n) is 2.26. The van der Waals surface area contributed by atoms with Gasteiger partial charge in [-0.2, -0.15) is 0 Å². The Labute approximate surface area is 106 Å². The molecule has 0 amide bonds. The Kier molecular flexibility index (Phi) is 4.15. The number of aromatic nitrogens is 1. The maximum absolute atomic E-state index is 11.6. The molecule has 1 fully saturated rings. The van der Waals surface area contributed by atoms with Gasteiger partial charge in [-0.05, 0) is 30.9 Å². The molecule has 0 aromatic carbocycles. The van der Waals surface area contributed by atoms with Gasteiger partial charge in [0, 0.05) is 25.9 Å². The van der Waals surface area contributed by atoms with Crippen molar-refractivity contribution in [2.24, 2.45) is 5.92 Å². The number of rotatable bonds is 3. The average Bonchev–Trinajstić information content (AvgIpc) is 2.46. The fraction of sp³-hybridized carbons (Fsp3) is 0.538. The minimum atomic E-state index is -0.408. The molecule has 0 bridgehead atoms. The molecule has 0 atom stereocenters. The van der Waals surface area contributed by atoms with Gasteiger partial charge in [0.05, 0.1) is 12.8 Å². The molecule has 1 aromatic rings. The Morgan fingerprint density at radius 3 is 2.89 bits per heavy atom. The van der Waals surface area contributed by atoms with Crippen LogP contribution in [0.5, 0.6) is 0 Å². The highest BCUT2D eigenvalue weighted by molar-refractivity contribution is 5.93. The number of methoxy groups -OCH3 is 1. The third kappa shape index (κ3) is 2.61. The molecule has 1 N–H and O–H groups in total. The van der Waals surface area contributed by atoms with Gasteiger partial charge in [0.25, 0.3) is 0 Å². The van der Waals surface area contributed by atoms with Gasteiger partial charge in [0.1, 0.15) is 0 Å². The summed E-state index contributed by atoms with van der Waals surface area (Å²) in [6.45, 7) is 1.91. The van der Waals surface area contributed by atoms with Crippen LogP contribution in [0, 0.1) is 5.92 Å². The third-order valence-electron chi connectivity index (χ3n) is 3.38. The molecule has 2 heterocycles. The van der Waals surface area contributed by atoms with Crippen LogP contribution in [0.25, 0.3) is 0 Å². The molecule has 0 unspecified atom stereocenters. The Bertz CT molecular complexity index is 414. The normalized spacial score (nSPS) is 16.7. The summed E-state index contributed by atoms with van der Waals surface area (Å²) in [4.78, 5) is 17.9. The number of aliphatic hydroxyl groups is 1. The molecule has 1 aliphatic heterocycles. The summed E-state index contributed by atoms with van der Waals surface area (Å²) in [5, 5.41) is 9.12. The van der Waals surface area contributed by atoms with E-state index in [1.807, 2.05) is 12.1 Å². The first kappa shape index (κ1) is 12.8. The number of aliphatic hydroxyl groups excluding tert-OH is 1. The number of piperidine rings is 1. The Morgan fingerprint density at radius 2 is 2.28 bits per heavy atom. The van der Waals surface area contributed by atoms with Crippen molar-refractivity contribution in [3.8, 4) is 0 Å². The summed E-state index contributed by atoms with van der Waals surface area (Å²) in [5.74, 6) is -0.0330. The van der Waals surface area contributed by atoms with Gasteiger partial charge in [-0.1, -0.05) is 0 Å². The lowest BCUT2D eigenvalue weighted by Gasteiger charge is -2.33. The van der Waals surface area contributed by atoms with Crippen LogP contribution in [0.3, 0.4) is 0 Å². The minimum Gasteiger partial charge on any atom is -0.464 e. The van der Waals surface area contributed by atoms with Crippen molar-refractivity contribution in [2.45, 2.75) is 12.8 Å². The van der Waals surface area contributed by atoms with Crippen molar-refractivity contribution < 1.29 is 14.6 Å². The molecule has 1 aromatic heterocycles. The van der Waals surface area contributed by atoms with Crippen molar-refractivity contribution in [3.05, 3.63) is 24.0 Å². The number of hydrogen-bond acceptors (Lipinski definition) is 5. The summed E-state index contributed by atoms with van der Waals surface area (Å²) in [7, 11) is 1.36. The zero-order valence-corrected chi connectivity index (χ0v) is 10.5. The highest BCUT2D eigenvalue weighted by atomic mass is 16.5. The van der Waals surface area contributed by atoms with E-state index in [2.05, 4.69) is 9.88 Å². The number of nitrogens with zero attached hydrogens (tertiary/aromatic N) is 2. The maximum atomic E-state index is 11.6. The smallest absolute Gasteiger partial charge is 0.358 e. The second-order valence-electron chi connectivity index (χ2n) is 4.48. The van der Waals surface area contributed by atoms with E-state index < -0.39 is 5.97 Å². The number of pyridine rings is 1. The number of carbonyl (C=O) groups excluding carboxylic acids is 1. The Balaban J connectivity index is 2.16. The molecule has 0 radical (unpaired) electrons. The Morgan fingerprint density at radius 1 is 1.56 bits per heavy atom. The lowest BCUT2D eigenvalue weighted by Crippen LogP contribution is -2.35. The van der Waals surface area contributed by atoms with Crippen molar-refractivity contribution >= 4 is 11.7 Å². The van der Waals surface area contributed by atoms with Crippen LogP contribution >= 0.6 is 0 Å². The van der Waals surface area contributed by atoms with Crippen LogP contribution in [-0.4, -0.2) is 42.9 Å². The predicted octanol–water partition coefficient (Wildman–Crippen LogP) is 1.08. The third-order valence-corrected chi connectivity index (χ3v) is 3.38. The summed E-state index contributed by atoms with van der Waals surface area (Å²) < 4.78 is 4.74. The van der Waals surface area contributed by atoms with Gasteiger partial charge in [0.15, 0.2) is 5.69 Å². The number of ether oxygens (including phenoxy) is 1. The SMILES string of the molecule is COC(=O)c1ncccc1N1CCC(CO)CC1. The standard InChI is InChI=1S/C13H18N2O3/c1-18-13(17)12-11(3-2-6-14-12)15-7-4-10(9-16)5-8-15/h2-3,6,10,16H,4-5,7-9H2,1H3. The molecule has 0 aliphatic carbocycles. The largest absolute Gasteiger partial charge is 0.464 e. The van der Waals surface area contributed by atoms with E-state index in [4.69, 9.17) is 9.84 Å². The van der Waals surface area contributed by atoms with Crippen molar-refractivity contribution in [1.29, 1.82) is 0 Å². The van der Waals surface area contributed by atoms with E-state index in [0.717, 1.165) is 31.6 Å². The summed E-state index contributed by atoms with van der Waals surface area (Å²) >= 11 is 0. The molecular weight excluding hydrogens is 232 g/mol. The van der Waals surface area contributed by atoms with E-state index >= 15 is 0 Å². The monoisotopic (exact) mass is 250 g/mol. The van der Waals surface area contributed by atoms with E-state index in [1.54, 1.807) is 6.20 Å². The minimum absolute atomic E-state index is 0.241. The molecule has 5 heteroatoms. The van der Waals surface area contributed by atoms with Gasteiger partial charge in [0.2, 0.25) is 0 Å². The first-order valence-electron chi connectivity index (χ1n) is 6.15. The van der Waals surface area contributed by atoms with E-state index in [1.165, 1.54) is 7.11 Å². The van der Waals surface area contributed by atoms with E-state index in [0.29, 0.717) is 11.6 Å². The first-order chi connectivity index (χ1) is 8.76. The molecular formula is C13H18N2O3. The van der Waals surface area contributed by atoms with Gasteiger partial charge >= 0.3 is 5.97 Å². The van der Waals surface area contributed by atoms with Crippen LogP contribution in [-0.2, 0) is 4.74 Å². The van der Waals surface area contributed by atoms with Crippen molar-refractivity contribution in [3.63, 3.8) is 0 Å². The summed E-state index contributed by atoms with van der Waals surface area (Å²) in [5.41, 5.74) is 1.18. The number of hydrogen-bond donors (Lipinski definition) is 1. The van der Waals surface area contributed by atoms with Crippen LogP contribution in [0.4, 0.5) is 5.69 Å². The fourth-order valence-corrected chi connectivity index (χ4v) is 2.26. The zero-order valence-electron chi connectivity index (χ0n) is 10.5. The quantitative estimate of drug-likeness (QED) is 0.813. The molecule has 0 saturated carbocycles. The molecule has 5 nitrogen and oxygen atoms in total. The van der Waals surface area contributed by atoms with Crippen molar-refractivity contribution in [2.75, 3.05) is 31.7 Å². The zero-order chi connectivity index (χ0) is 13.0. The average molecular weight is 250 g/mol. The van der Waals surface area contributed by atoms with Crippen LogP contribution in [0.15, 0.2) is 18.3 Å². The topological polar surface area (TPSA) is 62.7 Å². The maximum Gasteiger partial charge on any atom is 0.358 e.